The first-order valence-corrected chi connectivity index (χ1v) is 8.27. The van der Waals surface area contributed by atoms with Crippen molar-refractivity contribution in [3.63, 3.8) is 0 Å². The lowest BCUT2D eigenvalue weighted by Crippen LogP contribution is -2.03. The zero-order valence-corrected chi connectivity index (χ0v) is 11.4. The molecule has 0 fully saturated rings. The Hall–Kier alpha value is -1.35. The van der Waals surface area contributed by atoms with Crippen molar-refractivity contribution in [2.45, 2.75) is 19.3 Å². The summed E-state index contributed by atoms with van der Waals surface area (Å²) < 4.78 is 22.1. The molecule has 0 spiro atoms. The van der Waals surface area contributed by atoms with E-state index in [0.29, 0.717) is 0 Å². The molecule has 0 radical (unpaired) electrons. The maximum absolute atomic E-state index is 11.1. The van der Waals surface area contributed by atoms with Crippen molar-refractivity contribution in [1.29, 1.82) is 0 Å². The van der Waals surface area contributed by atoms with Gasteiger partial charge in [-0.3, -0.25) is 0 Å². The number of benzene rings is 2. The molecule has 0 N–H and O–H groups in total. The first-order chi connectivity index (χ1) is 8.56. The van der Waals surface area contributed by atoms with Crippen molar-refractivity contribution >= 4 is 20.6 Å². The molecular weight excluding hydrogens is 244 g/mol. The summed E-state index contributed by atoms with van der Waals surface area (Å²) in [5.74, 6) is 0.289. The van der Waals surface area contributed by atoms with E-state index in [1.54, 1.807) is 0 Å². The van der Waals surface area contributed by atoms with Crippen molar-refractivity contribution in [3.8, 4) is 0 Å². The number of fused-ring (bicyclic) bond motifs is 1. The molecule has 2 nitrogen and oxygen atoms in total. The van der Waals surface area contributed by atoms with Gasteiger partial charge >= 0.3 is 0 Å². The fourth-order valence-corrected chi connectivity index (χ4v) is 2.92. The first kappa shape index (κ1) is 13.1. The van der Waals surface area contributed by atoms with E-state index in [4.69, 9.17) is 0 Å². The van der Waals surface area contributed by atoms with Crippen LogP contribution in [0.25, 0.3) is 10.8 Å². The van der Waals surface area contributed by atoms with E-state index in [2.05, 4.69) is 30.3 Å². The largest absolute Gasteiger partial charge is 0.229 e. The number of sulfone groups is 1. The number of rotatable bonds is 5. The van der Waals surface area contributed by atoms with Crippen LogP contribution in [0, 0.1) is 0 Å². The topological polar surface area (TPSA) is 34.1 Å². The van der Waals surface area contributed by atoms with Gasteiger partial charge in [-0.05, 0) is 35.6 Å². The van der Waals surface area contributed by atoms with E-state index in [-0.39, 0.29) is 5.75 Å². The molecule has 2 rings (SSSR count). The molecule has 18 heavy (non-hydrogen) atoms. The summed E-state index contributed by atoms with van der Waals surface area (Å²) in [5.41, 5.74) is 1.31. The summed E-state index contributed by atoms with van der Waals surface area (Å²) in [5, 5.41) is 2.53. The standard InChI is InChI=1S/C15H18O2S/c1-18(16,17)12-5-4-8-14-10-6-9-13-7-2-3-11-15(13)14/h2-3,6-7,9-11H,4-5,8,12H2,1H3. The highest BCUT2D eigenvalue weighted by Gasteiger charge is 2.03. The molecule has 0 bridgehead atoms. The maximum Gasteiger partial charge on any atom is 0.147 e. The molecular formula is C15H18O2S. The summed E-state index contributed by atoms with van der Waals surface area (Å²) in [6.45, 7) is 0. The zero-order valence-electron chi connectivity index (χ0n) is 10.6. The second-order valence-electron chi connectivity index (χ2n) is 4.73. The molecule has 0 amide bonds. The van der Waals surface area contributed by atoms with Crippen LogP contribution in [0.4, 0.5) is 0 Å². The Labute approximate surface area is 109 Å². The summed E-state index contributed by atoms with van der Waals surface area (Å²) in [6, 6.07) is 14.6. The van der Waals surface area contributed by atoms with Crippen molar-refractivity contribution in [2.75, 3.05) is 12.0 Å². The Morgan fingerprint density at radius 2 is 1.67 bits per heavy atom. The molecule has 96 valence electrons. The maximum atomic E-state index is 11.1. The van der Waals surface area contributed by atoms with E-state index < -0.39 is 9.84 Å². The van der Waals surface area contributed by atoms with Crippen LogP contribution in [0.1, 0.15) is 18.4 Å². The first-order valence-electron chi connectivity index (χ1n) is 6.21. The van der Waals surface area contributed by atoms with Gasteiger partial charge in [-0.2, -0.15) is 0 Å². The van der Waals surface area contributed by atoms with Gasteiger partial charge in [-0.1, -0.05) is 42.5 Å². The summed E-state index contributed by atoms with van der Waals surface area (Å²) in [4.78, 5) is 0. The van der Waals surface area contributed by atoms with Gasteiger partial charge in [0.1, 0.15) is 9.84 Å². The van der Waals surface area contributed by atoms with Gasteiger partial charge in [-0.25, -0.2) is 8.42 Å². The second-order valence-corrected chi connectivity index (χ2v) is 6.99. The summed E-state index contributed by atoms with van der Waals surface area (Å²) in [7, 11) is -2.82. The van der Waals surface area contributed by atoms with Crippen LogP contribution >= 0.6 is 0 Å². The minimum atomic E-state index is -2.82. The zero-order chi connectivity index (χ0) is 13.0. The molecule has 0 unspecified atom stereocenters. The number of aryl methyl sites for hydroxylation is 1. The fourth-order valence-electron chi connectivity index (χ4n) is 2.19. The molecule has 0 atom stereocenters. The minimum Gasteiger partial charge on any atom is -0.229 e. The van der Waals surface area contributed by atoms with Gasteiger partial charge in [-0.15, -0.1) is 0 Å². The van der Waals surface area contributed by atoms with E-state index in [1.165, 1.54) is 22.6 Å². The quantitative estimate of drug-likeness (QED) is 0.775. The van der Waals surface area contributed by atoms with E-state index in [9.17, 15) is 8.42 Å². The van der Waals surface area contributed by atoms with Crippen molar-refractivity contribution in [1.82, 2.24) is 0 Å². The molecule has 0 saturated carbocycles. The fraction of sp³-hybridized carbons (Fsp3) is 0.333. The van der Waals surface area contributed by atoms with Crippen LogP contribution in [-0.4, -0.2) is 20.4 Å². The lowest BCUT2D eigenvalue weighted by atomic mass is 10.0. The summed E-state index contributed by atoms with van der Waals surface area (Å²) in [6.07, 6.45) is 3.89. The van der Waals surface area contributed by atoms with Crippen molar-refractivity contribution in [3.05, 3.63) is 48.0 Å². The summed E-state index contributed by atoms with van der Waals surface area (Å²) >= 11 is 0. The third-order valence-corrected chi connectivity index (χ3v) is 4.12. The Balaban J connectivity index is 2.04. The van der Waals surface area contributed by atoms with Crippen molar-refractivity contribution in [2.24, 2.45) is 0 Å². The molecule has 2 aromatic carbocycles. The predicted octanol–water partition coefficient (Wildman–Crippen LogP) is 3.21. The van der Waals surface area contributed by atoms with Crippen LogP contribution in [0.5, 0.6) is 0 Å². The monoisotopic (exact) mass is 262 g/mol. The Morgan fingerprint density at radius 3 is 2.44 bits per heavy atom. The predicted molar refractivity (Wildman–Crippen MR) is 76.6 cm³/mol. The molecule has 0 aliphatic carbocycles. The highest BCUT2D eigenvalue weighted by Crippen LogP contribution is 2.20. The van der Waals surface area contributed by atoms with Gasteiger partial charge in [0.05, 0.1) is 0 Å². The average Bonchev–Trinajstić information content (AvgIpc) is 2.33. The third-order valence-electron chi connectivity index (χ3n) is 3.09. The normalized spacial score (nSPS) is 11.8. The second kappa shape index (κ2) is 5.53. The van der Waals surface area contributed by atoms with Crippen LogP contribution < -0.4 is 0 Å². The molecule has 0 aromatic heterocycles. The highest BCUT2D eigenvalue weighted by molar-refractivity contribution is 7.90. The lowest BCUT2D eigenvalue weighted by molar-refractivity contribution is 0.597. The Bertz CT molecular complexity index is 624. The smallest absolute Gasteiger partial charge is 0.147 e. The van der Waals surface area contributed by atoms with E-state index in [0.717, 1.165) is 19.3 Å². The number of hydrogen-bond acceptors (Lipinski definition) is 2. The van der Waals surface area contributed by atoms with Gasteiger partial charge in [0.15, 0.2) is 0 Å². The van der Waals surface area contributed by atoms with Crippen LogP contribution in [0.15, 0.2) is 42.5 Å². The molecule has 2 aromatic rings. The number of unbranched alkanes of at least 4 members (excludes halogenated alkanes) is 1. The lowest BCUT2D eigenvalue weighted by Gasteiger charge is -2.06. The Morgan fingerprint density at radius 1 is 0.944 bits per heavy atom. The van der Waals surface area contributed by atoms with Crippen molar-refractivity contribution < 1.29 is 8.42 Å². The van der Waals surface area contributed by atoms with Crippen LogP contribution in [0.2, 0.25) is 0 Å². The van der Waals surface area contributed by atoms with Crippen LogP contribution in [-0.2, 0) is 16.3 Å². The molecule has 0 saturated heterocycles. The molecule has 0 heterocycles. The highest BCUT2D eigenvalue weighted by atomic mass is 32.2. The SMILES string of the molecule is CS(=O)(=O)CCCCc1cccc2ccccc12. The molecule has 3 heteroatoms. The van der Waals surface area contributed by atoms with Gasteiger partial charge < -0.3 is 0 Å². The van der Waals surface area contributed by atoms with Crippen LogP contribution in [0.3, 0.4) is 0 Å². The average molecular weight is 262 g/mol. The minimum absolute atomic E-state index is 0.289. The third kappa shape index (κ3) is 3.57. The van der Waals surface area contributed by atoms with Gasteiger partial charge in [0, 0.05) is 12.0 Å². The molecule has 0 aliphatic rings. The Kier molecular flexibility index (Phi) is 4.02. The van der Waals surface area contributed by atoms with E-state index >= 15 is 0 Å². The molecule has 0 aliphatic heterocycles. The van der Waals surface area contributed by atoms with E-state index in [1.807, 2.05) is 12.1 Å². The number of hydrogen-bond donors (Lipinski definition) is 0. The van der Waals surface area contributed by atoms with Gasteiger partial charge in [0.2, 0.25) is 0 Å². The van der Waals surface area contributed by atoms with Gasteiger partial charge in [0.25, 0.3) is 0 Å².